The molecule has 118 valence electrons. The third-order valence-corrected chi connectivity index (χ3v) is 3.34. The summed E-state index contributed by atoms with van der Waals surface area (Å²) in [6.07, 6.45) is 1.31. The van der Waals surface area contributed by atoms with E-state index in [1.54, 1.807) is 25.1 Å². The summed E-state index contributed by atoms with van der Waals surface area (Å²) < 4.78 is 10.4. The van der Waals surface area contributed by atoms with Gasteiger partial charge in [0, 0.05) is 17.2 Å². The van der Waals surface area contributed by atoms with E-state index in [4.69, 9.17) is 9.47 Å². The van der Waals surface area contributed by atoms with E-state index in [1.165, 1.54) is 18.3 Å². The number of phenolic OH excluding ortho intramolecular Hbond substituents is 2. The topological polar surface area (TPSA) is 100 Å². The van der Waals surface area contributed by atoms with Crippen LogP contribution in [0.4, 0.5) is 0 Å². The summed E-state index contributed by atoms with van der Waals surface area (Å²) in [7, 11) is 0. The molecule has 3 N–H and O–H groups in total. The Hall–Kier alpha value is -3.22. The van der Waals surface area contributed by atoms with Gasteiger partial charge in [0.2, 0.25) is 6.79 Å². The molecule has 2 aromatic rings. The van der Waals surface area contributed by atoms with Crippen LogP contribution in [0.25, 0.3) is 0 Å². The smallest absolute Gasteiger partial charge is 0.271 e. The highest BCUT2D eigenvalue weighted by Crippen LogP contribution is 2.32. The van der Waals surface area contributed by atoms with Crippen molar-refractivity contribution >= 4 is 12.1 Å². The van der Waals surface area contributed by atoms with Crippen LogP contribution in [0.1, 0.15) is 21.5 Å². The Balaban J connectivity index is 1.72. The van der Waals surface area contributed by atoms with Crippen molar-refractivity contribution in [2.75, 3.05) is 6.79 Å². The number of aryl methyl sites for hydroxylation is 1. The lowest BCUT2D eigenvalue weighted by atomic mass is 10.1. The fourth-order valence-electron chi connectivity index (χ4n) is 2.19. The number of phenols is 2. The maximum Gasteiger partial charge on any atom is 0.271 e. The van der Waals surface area contributed by atoms with Gasteiger partial charge in [0.05, 0.1) is 6.21 Å². The number of nitrogens with zero attached hydrogens (tertiary/aromatic N) is 1. The van der Waals surface area contributed by atoms with E-state index in [0.29, 0.717) is 28.2 Å². The molecule has 1 heterocycles. The van der Waals surface area contributed by atoms with E-state index in [2.05, 4.69) is 10.5 Å². The summed E-state index contributed by atoms with van der Waals surface area (Å²) in [4.78, 5) is 12.0. The third-order valence-electron chi connectivity index (χ3n) is 3.34. The van der Waals surface area contributed by atoms with E-state index >= 15 is 0 Å². The average Bonchev–Trinajstić information content (AvgIpc) is 2.97. The van der Waals surface area contributed by atoms with Crippen molar-refractivity contribution in [2.45, 2.75) is 6.92 Å². The van der Waals surface area contributed by atoms with Crippen molar-refractivity contribution in [3.63, 3.8) is 0 Å². The Bertz CT molecular complexity index is 778. The first kappa shape index (κ1) is 14.7. The monoisotopic (exact) mass is 314 g/mol. The molecule has 0 fully saturated rings. The van der Waals surface area contributed by atoms with Gasteiger partial charge in [-0.05, 0) is 36.8 Å². The molecule has 7 heteroatoms. The van der Waals surface area contributed by atoms with Gasteiger partial charge in [0.25, 0.3) is 5.91 Å². The van der Waals surface area contributed by atoms with Gasteiger partial charge in [0.15, 0.2) is 11.5 Å². The first-order valence-corrected chi connectivity index (χ1v) is 6.80. The number of hydrogen-bond donors (Lipinski definition) is 3. The number of hydrazone groups is 1. The van der Waals surface area contributed by atoms with Crippen molar-refractivity contribution in [1.82, 2.24) is 5.43 Å². The predicted molar refractivity (Wildman–Crippen MR) is 82.1 cm³/mol. The zero-order valence-corrected chi connectivity index (χ0v) is 12.2. The van der Waals surface area contributed by atoms with E-state index < -0.39 is 5.91 Å². The molecule has 0 unspecified atom stereocenters. The number of carbonyl (C=O) groups is 1. The summed E-state index contributed by atoms with van der Waals surface area (Å²) in [5, 5.41) is 23.0. The highest BCUT2D eigenvalue weighted by molar-refractivity contribution is 5.96. The Kier molecular flexibility index (Phi) is 3.76. The fraction of sp³-hybridized carbons (Fsp3) is 0.125. The summed E-state index contributed by atoms with van der Waals surface area (Å²) in [6, 6.07) is 7.50. The van der Waals surface area contributed by atoms with Gasteiger partial charge >= 0.3 is 0 Å². The number of rotatable bonds is 3. The lowest BCUT2D eigenvalue weighted by molar-refractivity contribution is 0.0954. The summed E-state index contributed by atoms with van der Waals surface area (Å²) in [5.41, 5.74) is 3.78. The van der Waals surface area contributed by atoms with Crippen LogP contribution in [0.3, 0.4) is 0 Å². The number of carbonyl (C=O) groups excluding carboxylic acids is 1. The molecule has 1 aliphatic heterocycles. The van der Waals surface area contributed by atoms with Gasteiger partial charge in [-0.2, -0.15) is 5.10 Å². The molecule has 1 aliphatic rings. The van der Waals surface area contributed by atoms with Crippen LogP contribution in [0.15, 0.2) is 35.4 Å². The predicted octanol–water partition coefficient (Wildman–Crippen LogP) is 1.90. The Morgan fingerprint density at radius 2 is 2.00 bits per heavy atom. The van der Waals surface area contributed by atoms with Gasteiger partial charge in [-0.1, -0.05) is 0 Å². The van der Waals surface area contributed by atoms with Crippen LogP contribution in [-0.2, 0) is 0 Å². The van der Waals surface area contributed by atoms with Crippen molar-refractivity contribution in [2.24, 2.45) is 5.10 Å². The number of aromatic hydroxyl groups is 2. The van der Waals surface area contributed by atoms with Crippen LogP contribution in [0.5, 0.6) is 23.0 Å². The standard InChI is InChI=1S/C16H14N2O5/c1-9-4-11(19)6-13(20)12(9)7-17-18-16(21)10-2-3-14-15(5-10)23-8-22-14/h2-7,19-20H,8H2,1H3,(H,18,21). The molecule has 7 nitrogen and oxygen atoms in total. The molecular weight excluding hydrogens is 300 g/mol. The second-order valence-electron chi connectivity index (χ2n) is 4.96. The van der Waals surface area contributed by atoms with Crippen molar-refractivity contribution in [3.05, 3.63) is 47.0 Å². The van der Waals surface area contributed by atoms with E-state index in [0.717, 1.165) is 0 Å². The second kappa shape index (κ2) is 5.88. The third kappa shape index (κ3) is 3.03. The van der Waals surface area contributed by atoms with Gasteiger partial charge in [-0.3, -0.25) is 4.79 Å². The molecule has 0 aromatic heterocycles. The van der Waals surface area contributed by atoms with Crippen LogP contribution in [0, 0.1) is 6.92 Å². The largest absolute Gasteiger partial charge is 0.508 e. The van der Waals surface area contributed by atoms with Crippen molar-refractivity contribution < 1.29 is 24.5 Å². The molecule has 0 saturated heterocycles. The minimum absolute atomic E-state index is 0.0402. The zero-order valence-electron chi connectivity index (χ0n) is 12.2. The lowest BCUT2D eigenvalue weighted by Crippen LogP contribution is -2.17. The van der Waals surface area contributed by atoms with Gasteiger partial charge < -0.3 is 19.7 Å². The van der Waals surface area contributed by atoms with Crippen molar-refractivity contribution in [3.8, 4) is 23.0 Å². The molecule has 0 aliphatic carbocycles. The number of benzene rings is 2. The molecule has 0 spiro atoms. The van der Waals surface area contributed by atoms with Crippen LogP contribution in [0.2, 0.25) is 0 Å². The highest BCUT2D eigenvalue weighted by atomic mass is 16.7. The van der Waals surface area contributed by atoms with E-state index in [1.807, 2.05) is 0 Å². The van der Waals surface area contributed by atoms with Crippen LogP contribution >= 0.6 is 0 Å². The maximum atomic E-state index is 12.0. The second-order valence-corrected chi connectivity index (χ2v) is 4.96. The summed E-state index contributed by atoms with van der Waals surface area (Å²) in [5.74, 6) is 0.518. The Morgan fingerprint density at radius 1 is 1.22 bits per heavy atom. The minimum atomic E-state index is -0.421. The van der Waals surface area contributed by atoms with Crippen LogP contribution in [-0.4, -0.2) is 29.1 Å². The molecule has 23 heavy (non-hydrogen) atoms. The van der Waals surface area contributed by atoms with Gasteiger partial charge in [-0.15, -0.1) is 0 Å². The SMILES string of the molecule is Cc1cc(O)cc(O)c1C=NNC(=O)c1ccc2c(c1)OCO2. The zero-order chi connectivity index (χ0) is 16.4. The summed E-state index contributed by atoms with van der Waals surface area (Å²) >= 11 is 0. The van der Waals surface area contributed by atoms with Gasteiger partial charge in [0.1, 0.15) is 11.5 Å². The lowest BCUT2D eigenvalue weighted by Gasteiger charge is -2.05. The molecular formula is C16H14N2O5. The average molecular weight is 314 g/mol. The molecule has 0 saturated carbocycles. The number of nitrogens with one attached hydrogen (secondary N) is 1. The van der Waals surface area contributed by atoms with E-state index in [9.17, 15) is 15.0 Å². The highest BCUT2D eigenvalue weighted by Gasteiger charge is 2.15. The minimum Gasteiger partial charge on any atom is -0.508 e. The van der Waals surface area contributed by atoms with Crippen LogP contribution < -0.4 is 14.9 Å². The first-order chi connectivity index (χ1) is 11.0. The fourth-order valence-corrected chi connectivity index (χ4v) is 2.19. The number of fused-ring (bicyclic) bond motifs is 1. The molecule has 0 atom stereocenters. The number of ether oxygens (including phenoxy) is 2. The normalized spacial score (nSPS) is 12.6. The molecule has 0 bridgehead atoms. The van der Waals surface area contributed by atoms with Gasteiger partial charge in [-0.25, -0.2) is 5.43 Å². The molecule has 3 rings (SSSR count). The van der Waals surface area contributed by atoms with E-state index in [-0.39, 0.29) is 18.3 Å². The molecule has 0 radical (unpaired) electrons. The molecule has 2 aromatic carbocycles. The number of hydrogen-bond acceptors (Lipinski definition) is 6. The number of amides is 1. The Morgan fingerprint density at radius 3 is 2.78 bits per heavy atom. The van der Waals surface area contributed by atoms with Crippen molar-refractivity contribution in [1.29, 1.82) is 0 Å². The maximum absolute atomic E-state index is 12.0. The molecule has 1 amide bonds. The first-order valence-electron chi connectivity index (χ1n) is 6.80. The Labute approximate surface area is 131 Å². The quantitative estimate of drug-likeness (QED) is 0.593. The summed E-state index contributed by atoms with van der Waals surface area (Å²) in [6.45, 7) is 1.85.